The van der Waals surface area contributed by atoms with E-state index >= 15 is 0 Å². The highest BCUT2D eigenvalue weighted by atomic mass is 16.3. The van der Waals surface area contributed by atoms with Crippen LogP contribution in [0.1, 0.15) is 63.1 Å². The van der Waals surface area contributed by atoms with Crippen LogP contribution in [0.2, 0.25) is 0 Å². The fourth-order valence-electron chi connectivity index (χ4n) is 3.18. The van der Waals surface area contributed by atoms with Crippen molar-refractivity contribution in [2.24, 2.45) is 5.41 Å². The maximum absolute atomic E-state index is 12.4. The predicted molar refractivity (Wildman–Crippen MR) is 103 cm³/mol. The first kappa shape index (κ1) is 21.2. The van der Waals surface area contributed by atoms with E-state index in [2.05, 4.69) is 0 Å². The molecule has 1 aromatic rings. The van der Waals surface area contributed by atoms with E-state index in [0.29, 0.717) is 23.1 Å². The smallest absolute Gasteiger partial charge is 0.193 e. The minimum Gasteiger partial charge on any atom is -0.384 e. The zero-order valence-electron chi connectivity index (χ0n) is 16.5. The van der Waals surface area contributed by atoms with Crippen LogP contribution in [0.25, 0.3) is 0 Å². The molecule has 0 radical (unpaired) electrons. The minimum absolute atomic E-state index is 0.273. The molecule has 0 saturated carbocycles. The van der Waals surface area contributed by atoms with Gasteiger partial charge >= 0.3 is 0 Å². The fourth-order valence-corrected chi connectivity index (χ4v) is 3.18. The van der Waals surface area contributed by atoms with Gasteiger partial charge in [-0.3, -0.25) is 9.59 Å². The second kappa shape index (κ2) is 7.15. The number of aliphatic hydroxyl groups is 3. The third-order valence-corrected chi connectivity index (χ3v) is 4.84. The highest BCUT2D eigenvalue weighted by Crippen LogP contribution is 2.37. The van der Waals surface area contributed by atoms with Gasteiger partial charge in [0.05, 0.1) is 5.41 Å². The van der Waals surface area contributed by atoms with E-state index in [0.717, 1.165) is 0 Å². The number of allylic oxidation sites excluding steroid dienone is 2. The van der Waals surface area contributed by atoms with Crippen molar-refractivity contribution in [1.29, 1.82) is 0 Å². The molecule has 0 aliphatic heterocycles. The molecule has 0 heterocycles. The Bertz CT molecular complexity index is 787. The van der Waals surface area contributed by atoms with E-state index < -0.39 is 22.7 Å². The monoisotopic (exact) mass is 372 g/mol. The number of carbonyl (C=O) groups excluding carboxylic acids is 2. The molecule has 27 heavy (non-hydrogen) atoms. The molecule has 2 unspecified atom stereocenters. The number of aliphatic hydroxyl groups excluding tert-OH is 1. The van der Waals surface area contributed by atoms with Crippen LogP contribution in [-0.4, -0.2) is 38.1 Å². The summed E-state index contributed by atoms with van der Waals surface area (Å²) in [5, 5.41) is 30.4. The van der Waals surface area contributed by atoms with E-state index in [1.54, 1.807) is 49.4 Å². The highest BCUT2D eigenvalue weighted by molar-refractivity contribution is 6.01. The summed E-state index contributed by atoms with van der Waals surface area (Å²) in [6.07, 6.45) is 4.71. The van der Waals surface area contributed by atoms with Gasteiger partial charge in [0.2, 0.25) is 0 Å². The van der Waals surface area contributed by atoms with E-state index in [-0.39, 0.29) is 11.6 Å². The number of rotatable bonds is 6. The predicted octanol–water partition coefficient (Wildman–Crippen LogP) is 2.91. The molecule has 0 saturated heterocycles. The van der Waals surface area contributed by atoms with Crippen molar-refractivity contribution in [2.45, 2.75) is 58.3 Å². The average Bonchev–Trinajstić information content (AvgIpc) is 2.59. The normalized spacial score (nSPS) is 21.6. The van der Waals surface area contributed by atoms with E-state index in [4.69, 9.17) is 0 Å². The summed E-state index contributed by atoms with van der Waals surface area (Å²) in [5.41, 5.74) is -2.06. The van der Waals surface area contributed by atoms with Gasteiger partial charge in [-0.15, -0.1) is 0 Å². The molecular weight excluding hydrogens is 344 g/mol. The molecule has 0 bridgehead atoms. The topological polar surface area (TPSA) is 94.8 Å². The number of hydrogen-bond acceptors (Lipinski definition) is 5. The molecule has 5 heteroatoms. The molecule has 0 fully saturated rings. The standard InChI is InChI=1S/C22H28O5/c1-20(2,26)18(24)16-8-6-14(7-9-16)17(23)15-10-12-22(5,13-11-15)19(25)21(3,4)27/h6-12,17,23,26-27H,13H2,1-5H3. The number of benzene rings is 1. The summed E-state index contributed by atoms with van der Waals surface area (Å²) in [5.74, 6) is -0.660. The van der Waals surface area contributed by atoms with Crippen molar-refractivity contribution in [2.75, 3.05) is 0 Å². The number of ketones is 2. The second-order valence-corrected chi connectivity index (χ2v) is 8.46. The van der Waals surface area contributed by atoms with Gasteiger partial charge in [0.1, 0.15) is 17.3 Å². The molecule has 0 spiro atoms. The van der Waals surface area contributed by atoms with Crippen molar-refractivity contribution >= 4 is 11.6 Å². The maximum atomic E-state index is 12.4. The molecule has 0 amide bonds. The van der Waals surface area contributed by atoms with Gasteiger partial charge in [-0.05, 0) is 52.2 Å². The van der Waals surface area contributed by atoms with Crippen molar-refractivity contribution < 1.29 is 24.9 Å². The van der Waals surface area contributed by atoms with Gasteiger partial charge in [-0.25, -0.2) is 0 Å². The summed E-state index contributed by atoms with van der Waals surface area (Å²) >= 11 is 0. The first-order valence-corrected chi connectivity index (χ1v) is 8.97. The Morgan fingerprint density at radius 1 is 1.04 bits per heavy atom. The molecule has 1 aliphatic rings. The first-order valence-electron chi connectivity index (χ1n) is 8.97. The molecule has 3 N–H and O–H groups in total. The average molecular weight is 372 g/mol. The van der Waals surface area contributed by atoms with Crippen molar-refractivity contribution in [3.05, 3.63) is 59.2 Å². The molecule has 1 aromatic carbocycles. The molecular formula is C22H28O5. The van der Waals surface area contributed by atoms with E-state index in [9.17, 15) is 24.9 Å². The Hall–Kier alpha value is -2.08. The lowest BCUT2D eigenvalue weighted by Crippen LogP contribution is -2.42. The van der Waals surface area contributed by atoms with E-state index in [1.165, 1.54) is 27.7 Å². The summed E-state index contributed by atoms with van der Waals surface area (Å²) in [4.78, 5) is 24.5. The molecule has 0 aromatic heterocycles. The van der Waals surface area contributed by atoms with Crippen LogP contribution >= 0.6 is 0 Å². The lowest BCUT2D eigenvalue weighted by molar-refractivity contribution is -0.141. The van der Waals surface area contributed by atoms with Gasteiger partial charge in [-0.1, -0.05) is 42.5 Å². The second-order valence-electron chi connectivity index (χ2n) is 8.46. The Balaban J connectivity index is 2.16. The molecule has 1 aliphatic carbocycles. The van der Waals surface area contributed by atoms with Crippen LogP contribution < -0.4 is 0 Å². The zero-order valence-corrected chi connectivity index (χ0v) is 16.5. The fraction of sp³-hybridized carbons (Fsp3) is 0.455. The maximum Gasteiger partial charge on any atom is 0.193 e. The van der Waals surface area contributed by atoms with E-state index in [1.807, 2.05) is 0 Å². The summed E-state index contributed by atoms with van der Waals surface area (Å²) in [7, 11) is 0. The lowest BCUT2D eigenvalue weighted by atomic mass is 9.73. The van der Waals surface area contributed by atoms with Gasteiger partial charge in [0, 0.05) is 5.56 Å². The molecule has 5 nitrogen and oxygen atoms in total. The zero-order chi connectivity index (χ0) is 20.6. The molecule has 146 valence electrons. The van der Waals surface area contributed by atoms with Gasteiger partial charge < -0.3 is 15.3 Å². The third-order valence-electron chi connectivity index (χ3n) is 4.84. The number of Topliss-reactive ketones (excluding diaryl/α,β-unsaturated/α-hetero) is 2. The van der Waals surface area contributed by atoms with Gasteiger partial charge in [-0.2, -0.15) is 0 Å². The Kier molecular flexibility index (Phi) is 5.62. The summed E-state index contributed by atoms with van der Waals surface area (Å²) < 4.78 is 0. The number of hydrogen-bond donors (Lipinski definition) is 3. The van der Waals surface area contributed by atoms with Crippen LogP contribution in [0.15, 0.2) is 48.1 Å². The van der Waals surface area contributed by atoms with Crippen LogP contribution in [0, 0.1) is 5.41 Å². The molecule has 2 atom stereocenters. The lowest BCUT2D eigenvalue weighted by Gasteiger charge is -2.32. The quantitative estimate of drug-likeness (QED) is 0.668. The minimum atomic E-state index is -1.45. The van der Waals surface area contributed by atoms with Crippen molar-refractivity contribution in [3.63, 3.8) is 0 Å². The van der Waals surface area contributed by atoms with Crippen LogP contribution in [0.3, 0.4) is 0 Å². The van der Waals surface area contributed by atoms with Crippen molar-refractivity contribution in [1.82, 2.24) is 0 Å². The Morgan fingerprint density at radius 2 is 1.59 bits per heavy atom. The first-order chi connectivity index (χ1) is 12.3. The van der Waals surface area contributed by atoms with Crippen LogP contribution in [0.4, 0.5) is 0 Å². The Morgan fingerprint density at radius 3 is 2.00 bits per heavy atom. The largest absolute Gasteiger partial charge is 0.384 e. The third kappa shape index (κ3) is 4.61. The summed E-state index contributed by atoms with van der Waals surface area (Å²) in [6, 6.07) is 6.45. The van der Waals surface area contributed by atoms with Gasteiger partial charge in [0.15, 0.2) is 11.6 Å². The van der Waals surface area contributed by atoms with Crippen molar-refractivity contribution in [3.8, 4) is 0 Å². The highest BCUT2D eigenvalue weighted by Gasteiger charge is 2.40. The number of carbonyl (C=O) groups is 2. The molecule has 2 rings (SSSR count). The Labute approximate surface area is 160 Å². The van der Waals surface area contributed by atoms with Crippen LogP contribution in [-0.2, 0) is 4.79 Å². The van der Waals surface area contributed by atoms with Crippen LogP contribution in [0.5, 0.6) is 0 Å². The summed E-state index contributed by atoms with van der Waals surface area (Å²) in [6.45, 7) is 7.57. The SMILES string of the molecule is CC(C)(O)C(=O)c1ccc(C(O)C2=CCC(C)(C(=O)C(C)(C)O)C=C2)cc1. The van der Waals surface area contributed by atoms with Gasteiger partial charge in [0.25, 0.3) is 0 Å².